The molecule has 9 nitrogen and oxygen atoms in total. The fourth-order valence-corrected chi connectivity index (χ4v) is 5.34. The lowest BCUT2D eigenvalue weighted by Crippen LogP contribution is -2.40. The highest BCUT2D eigenvalue weighted by atomic mass is 32.1. The first-order valence-corrected chi connectivity index (χ1v) is 13.3. The number of fused-ring (bicyclic) bond motifs is 1. The molecule has 1 aromatic heterocycles. The molecule has 0 aliphatic carbocycles. The number of thiazole rings is 1. The third kappa shape index (κ3) is 5.96. The molecular formula is C29H30N2O7S. The predicted molar refractivity (Wildman–Crippen MR) is 147 cm³/mol. The van der Waals surface area contributed by atoms with Gasteiger partial charge in [0.1, 0.15) is 5.75 Å². The van der Waals surface area contributed by atoms with Crippen LogP contribution >= 0.6 is 11.3 Å². The number of allylic oxidation sites excluding steroid dienone is 1. The van der Waals surface area contributed by atoms with Gasteiger partial charge >= 0.3 is 11.9 Å². The van der Waals surface area contributed by atoms with E-state index in [-0.39, 0.29) is 23.8 Å². The lowest BCUT2D eigenvalue weighted by Gasteiger charge is -2.25. The Labute approximate surface area is 229 Å². The van der Waals surface area contributed by atoms with Crippen molar-refractivity contribution in [3.05, 3.63) is 84.5 Å². The Morgan fingerprint density at radius 2 is 1.92 bits per heavy atom. The Morgan fingerprint density at radius 1 is 1.15 bits per heavy atom. The van der Waals surface area contributed by atoms with Gasteiger partial charge in [0.05, 0.1) is 41.7 Å². The molecule has 1 aliphatic rings. The van der Waals surface area contributed by atoms with Gasteiger partial charge in [0.2, 0.25) is 0 Å². The van der Waals surface area contributed by atoms with E-state index >= 15 is 0 Å². The molecule has 0 radical (unpaired) electrons. The van der Waals surface area contributed by atoms with E-state index in [9.17, 15) is 14.4 Å². The molecule has 39 heavy (non-hydrogen) atoms. The van der Waals surface area contributed by atoms with Crippen LogP contribution in [0.25, 0.3) is 6.08 Å². The third-order valence-electron chi connectivity index (χ3n) is 5.80. The maximum atomic E-state index is 13.8. The molecule has 2 aromatic carbocycles. The first-order chi connectivity index (χ1) is 18.6. The van der Waals surface area contributed by atoms with Crippen LogP contribution in [0.5, 0.6) is 17.2 Å². The molecule has 204 valence electrons. The second kappa shape index (κ2) is 11.7. The molecule has 0 bridgehead atoms. The monoisotopic (exact) mass is 550 g/mol. The Morgan fingerprint density at radius 3 is 2.59 bits per heavy atom. The molecule has 0 unspecified atom stereocenters. The highest BCUT2D eigenvalue weighted by Crippen LogP contribution is 2.36. The number of hydrogen-bond donors (Lipinski definition) is 0. The minimum atomic E-state index is -0.795. The number of rotatable bonds is 8. The van der Waals surface area contributed by atoms with Crippen LogP contribution < -0.4 is 29.1 Å². The van der Waals surface area contributed by atoms with Crippen LogP contribution in [0.2, 0.25) is 0 Å². The topological polar surface area (TPSA) is 105 Å². The summed E-state index contributed by atoms with van der Waals surface area (Å²) in [5, 5.41) is 0. The number of ether oxygens (including phenoxy) is 4. The SMILES string of the molecule is CCOC(=O)C1=C(C)N=c2s/c(=C/c3cccc(OC(C)=O)c3)c(=O)n2[C@H]1c1ccc(OC(C)C)c(OC)c1. The minimum absolute atomic E-state index is 0.0704. The van der Waals surface area contributed by atoms with E-state index in [4.69, 9.17) is 18.9 Å². The average Bonchev–Trinajstić information content (AvgIpc) is 3.17. The fraction of sp³-hybridized carbons (Fsp3) is 0.310. The number of carbonyl (C=O) groups excluding carboxylic acids is 2. The normalized spacial score (nSPS) is 15.1. The smallest absolute Gasteiger partial charge is 0.338 e. The van der Waals surface area contributed by atoms with Crippen LogP contribution in [0, 0.1) is 0 Å². The van der Waals surface area contributed by atoms with Gasteiger partial charge in [0.15, 0.2) is 16.3 Å². The van der Waals surface area contributed by atoms with Crippen LogP contribution in [0.15, 0.2) is 63.5 Å². The summed E-state index contributed by atoms with van der Waals surface area (Å²) < 4.78 is 23.9. The van der Waals surface area contributed by atoms with E-state index in [1.165, 1.54) is 29.9 Å². The van der Waals surface area contributed by atoms with Crippen molar-refractivity contribution < 1.29 is 28.5 Å². The Balaban J connectivity index is 1.91. The molecule has 0 N–H and O–H groups in total. The molecule has 0 spiro atoms. The van der Waals surface area contributed by atoms with Crippen molar-refractivity contribution in [3.63, 3.8) is 0 Å². The average molecular weight is 551 g/mol. The van der Waals surface area contributed by atoms with Crippen LogP contribution in [-0.2, 0) is 14.3 Å². The maximum absolute atomic E-state index is 13.8. The molecule has 0 amide bonds. The molecule has 0 fully saturated rings. The van der Waals surface area contributed by atoms with Crippen molar-refractivity contribution in [3.8, 4) is 17.2 Å². The quantitative estimate of drug-likeness (QED) is 0.312. The minimum Gasteiger partial charge on any atom is -0.493 e. The Bertz CT molecular complexity index is 1630. The molecule has 1 atom stereocenters. The highest BCUT2D eigenvalue weighted by Gasteiger charge is 2.34. The fourth-order valence-electron chi connectivity index (χ4n) is 4.30. The number of nitrogens with zero attached hydrogens (tertiary/aromatic N) is 2. The first kappa shape index (κ1) is 27.8. The summed E-state index contributed by atoms with van der Waals surface area (Å²) in [6.45, 7) is 8.78. The van der Waals surface area contributed by atoms with Crippen LogP contribution in [0.4, 0.5) is 0 Å². The standard InChI is InChI=1S/C29H30N2O7S/c1-7-36-28(34)25-17(4)30-29-31(26(25)20-11-12-22(37-16(2)3)23(15-20)35-6)27(33)24(39-29)14-19-9-8-10-21(13-19)38-18(5)32/h8-16,26H,7H2,1-6H3/b24-14+/t26-/m0/s1. The zero-order chi connectivity index (χ0) is 28.3. The summed E-state index contributed by atoms with van der Waals surface area (Å²) >= 11 is 1.21. The van der Waals surface area contributed by atoms with Gasteiger partial charge in [-0.15, -0.1) is 0 Å². The van der Waals surface area contributed by atoms with Gasteiger partial charge in [-0.2, -0.15) is 0 Å². The van der Waals surface area contributed by atoms with Crippen molar-refractivity contribution in [2.45, 2.75) is 46.8 Å². The molecule has 0 saturated carbocycles. The maximum Gasteiger partial charge on any atom is 0.338 e. The Hall–Kier alpha value is -4.18. The lowest BCUT2D eigenvalue weighted by atomic mass is 9.95. The van der Waals surface area contributed by atoms with E-state index in [1.54, 1.807) is 56.3 Å². The molecule has 2 heterocycles. The number of esters is 2. The van der Waals surface area contributed by atoms with Crippen molar-refractivity contribution in [1.82, 2.24) is 4.57 Å². The summed E-state index contributed by atoms with van der Waals surface area (Å²) in [4.78, 5) is 43.4. The largest absolute Gasteiger partial charge is 0.493 e. The zero-order valence-electron chi connectivity index (χ0n) is 22.6. The van der Waals surface area contributed by atoms with Gasteiger partial charge < -0.3 is 18.9 Å². The second-order valence-corrected chi connectivity index (χ2v) is 10.1. The van der Waals surface area contributed by atoms with Crippen molar-refractivity contribution >= 4 is 29.4 Å². The van der Waals surface area contributed by atoms with E-state index < -0.39 is 18.0 Å². The van der Waals surface area contributed by atoms with Gasteiger partial charge in [-0.1, -0.05) is 29.5 Å². The van der Waals surface area contributed by atoms with E-state index in [1.807, 2.05) is 19.9 Å². The summed E-state index contributed by atoms with van der Waals surface area (Å²) in [6.07, 6.45) is 1.64. The van der Waals surface area contributed by atoms with Crippen LogP contribution in [0.3, 0.4) is 0 Å². The summed E-state index contributed by atoms with van der Waals surface area (Å²) in [6, 6.07) is 11.4. The number of hydrogen-bond acceptors (Lipinski definition) is 9. The third-order valence-corrected chi connectivity index (χ3v) is 6.78. The first-order valence-electron chi connectivity index (χ1n) is 12.5. The second-order valence-electron chi connectivity index (χ2n) is 9.05. The van der Waals surface area contributed by atoms with Crippen molar-refractivity contribution in [1.29, 1.82) is 0 Å². The van der Waals surface area contributed by atoms with Gasteiger partial charge in [-0.25, -0.2) is 9.79 Å². The molecule has 1 aliphatic heterocycles. The van der Waals surface area contributed by atoms with E-state index in [2.05, 4.69) is 4.99 Å². The molecule has 10 heteroatoms. The van der Waals surface area contributed by atoms with Gasteiger partial charge in [0.25, 0.3) is 5.56 Å². The van der Waals surface area contributed by atoms with Gasteiger partial charge in [-0.3, -0.25) is 14.2 Å². The number of benzene rings is 2. The highest BCUT2D eigenvalue weighted by molar-refractivity contribution is 7.07. The molecule has 3 aromatic rings. The molecule has 0 saturated heterocycles. The number of methoxy groups -OCH3 is 1. The Kier molecular flexibility index (Phi) is 8.35. The van der Waals surface area contributed by atoms with E-state index in [0.717, 1.165) is 0 Å². The van der Waals surface area contributed by atoms with Crippen LogP contribution in [-0.4, -0.2) is 36.3 Å². The van der Waals surface area contributed by atoms with Gasteiger partial charge in [-0.05, 0) is 69.2 Å². The summed E-state index contributed by atoms with van der Waals surface area (Å²) in [5.41, 5.74) is 1.73. The van der Waals surface area contributed by atoms with Gasteiger partial charge in [0, 0.05) is 6.92 Å². The summed E-state index contributed by atoms with van der Waals surface area (Å²) in [7, 11) is 1.54. The number of aromatic nitrogens is 1. The van der Waals surface area contributed by atoms with E-state index in [0.29, 0.717) is 43.4 Å². The van der Waals surface area contributed by atoms with Crippen molar-refractivity contribution in [2.24, 2.45) is 4.99 Å². The lowest BCUT2D eigenvalue weighted by molar-refractivity contribution is -0.139. The molecule has 4 rings (SSSR count). The summed E-state index contributed by atoms with van der Waals surface area (Å²) in [5.74, 6) is 0.415. The molecular weight excluding hydrogens is 520 g/mol. The zero-order valence-corrected chi connectivity index (χ0v) is 23.5. The predicted octanol–water partition coefficient (Wildman–Crippen LogP) is 3.52. The van der Waals surface area contributed by atoms with Crippen molar-refractivity contribution in [2.75, 3.05) is 13.7 Å². The van der Waals surface area contributed by atoms with Crippen LogP contribution in [0.1, 0.15) is 51.8 Å². The number of carbonyl (C=O) groups is 2.